The molecule has 1 N–H and O–H groups in total. The average molecular weight is 425 g/mol. The zero-order valence-electron chi connectivity index (χ0n) is 18.6. The van der Waals surface area contributed by atoms with Crippen LogP contribution in [0.1, 0.15) is 69.8 Å². The molecule has 2 saturated heterocycles. The molecule has 0 spiro atoms. The molecule has 31 heavy (non-hydrogen) atoms. The van der Waals surface area contributed by atoms with Crippen molar-refractivity contribution in [1.82, 2.24) is 10.2 Å². The van der Waals surface area contributed by atoms with E-state index in [1.165, 1.54) is 30.5 Å². The van der Waals surface area contributed by atoms with Crippen molar-refractivity contribution in [3.05, 3.63) is 47.7 Å². The van der Waals surface area contributed by atoms with E-state index in [2.05, 4.69) is 35.7 Å². The number of rotatable bonds is 7. The van der Waals surface area contributed by atoms with Crippen molar-refractivity contribution in [2.45, 2.75) is 69.6 Å². The van der Waals surface area contributed by atoms with Gasteiger partial charge in [0, 0.05) is 50.3 Å². The second kappa shape index (κ2) is 10.4. The third-order valence-electron chi connectivity index (χ3n) is 7.33. The maximum Gasteiger partial charge on any atom is 0.226 e. The molecule has 5 nitrogen and oxygen atoms in total. The van der Waals surface area contributed by atoms with E-state index in [9.17, 15) is 9.59 Å². The lowest BCUT2D eigenvalue weighted by molar-refractivity contribution is -0.130. The Bertz CT molecular complexity index is 783. The van der Waals surface area contributed by atoms with Gasteiger partial charge in [0.25, 0.3) is 0 Å². The molecule has 1 atom stereocenters. The van der Waals surface area contributed by atoms with Crippen LogP contribution in [0.4, 0.5) is 0 Å². The summed E-state index contributed by atoms with van der Waals surface area (Å²) in [5.41, 5.74) is 2.48. The van der Waals surface area contributed by atoms with Gasteiger partial charge in [0.05, 0.1) is 0 Å². The summed E-state index contributed by atoms with van der Waals surface area (Å²) in [4.78, 5) is 27.4. The van der Waals surface area contributed by atoms with E-state index in [4.69, 9.17) is 4.74 Å². The zero-order valence-corrected chi connectivity index (χ0v) is 18.6. The number of ether oxygens (including phenoxy) is 1. The van der Waals surface area contributed by atoms with Crippen molar-refractivity contribution in [2.75, 3.05) is 26.3 Å². The fourth-order valence-electron chi connectivity index (χ4n) is 5.46. The summed E-state index contributed by atoms with van der Waals surface area (Å²) >= 11 is 0. The molecule has 0 radical (unpaired) electrons. The van der Waals surface area contributed by atoms with E-state index in [0.29, 0.717) is 31.7 Å². The van der Waals surface area contributed by atoms with Crippen LogP contribution >= 0.6 is 0 Å². The van der Waals surface area contributed by atoms with Crippen molar-refractivity contribution in [3.63, 3.8) is 0 Å². The number of hydrogen-bond donors (Lipinski definition) is 1. The van der Waals surface area contributed by atoms with Crippen LogP contribution in [0.5, 0.6) is 0 Å². The maximum absolute atomic E-state index is 12.8. The fraction of sp³-hybridized carbons (Fsp3) is 0.615. The molecule has 1 aromatic rings. The molecule has 5 heteroatoms. The van der Waals surface area contributed by atoms with Crippen LogP contribution in [0.25, 0.3) is 0 Å². The molecule has 2 amide bonds. The lowest BCUT2D eigenvalue weighted by atomic mass is 9.74. The maximum atomic E-state index is 12.8. The van der Waals surface area contributed by atoms with Crippen LogP contribution in [0.15, 0.2) is 42.1 Å². The Hall–Kier alpha value is -2.14. The monoisotopic (exact) mass is 424 g/mol. The minimum Gasteiger partial charge on any atom is -0.381 e. The highest BCUT2D eigenvalue weighted by Gasteiger charge is 2.35. The van der Waals surface area contributed by atoms with Gasteiger partial charge in [-0.25, -0.2) is 0 Å². The van der Waals surface area contributed by atoms with Crippen LogP contribution < -0.4 is 5.32 Å². The second-order valence-electron chi connectivity index (χ2n) is 9.33. The number of allylic oxidation sites excluding steroid dienone is 2. The molecule has 0 saturated carbocycles. The molecule has 4 rings (SSSR count). The number of nitrogens with one attached hydrogen (secondary N) is 1. The van der Waals surface area contributed by atoms with E-state index < -0.39 is 0 Å². The van der Waals surface area contributed by atoms with Gasteiger partial charge in [-0.15, -0.1) is 0 Å². The van der Waals surface area contributed by atoms with Crippen molar-refractivity contribution in [1.29, 1.82) is 0 Å². The van der Waals surface area contributed by atoms with E-state index >= 15 is 0 Å². The van der Waals surface area contributed by atoms with Gasteiger partial charge in [-0.2, -0.15) is 0 Å². The number of nitrogens with zero attached hydrogens (tertiary/aromatic N) is 1. The van der Waals surface area contributed by atoms with E-state index in [1.54, 1.807) is 0 Å². The van der Waals surface area contributed by atoms with Crippen LogP contribution in [0.3, 0.4) is 0 Å². The van der Waals surface area contributed by atoms with Crippen LogP contribution in [-0.2, 0) is 19.7 Å². The summed E-state index contributed by atoms with van der Waals surface area (Å²) < 4.78 is 5.58. The summed E-state index contributed by atoms with van der Waals surface area (Å²) in [5.74, 6) is 0.808. The zero-order chi connectivity index (χ0) is 21.5. The molecular weight excluding hydrogens is 388 g/mol. The third-order valence-corrected chi connectivity index (χ3v) is 7.33. The van der Waals surface area contributed by atoms with Gasteiger partial charge >= 0.3 is 0 Å². The van der Waals surface area contributed by atoms with Crippen LogP contribution in [-0.4, -0.2) is 43.0 Å². The molecule has 3 aliphatic rings. The molecule has 2 heterocycles. The first-order valence-electron chi connectivity index (χ1n) is 12.1. The molecule has 0 aromatic heterocycles. The number of piperidine rings is 1. The Kier molecular flexibility index (Phi) is 7.44. The Labute approximate surface area is 186 Å². The predicted octanol–water partition coefficient (Wildman–Crippen LogP) is 4.33. The molecule has 0 bridgehead atoms. The molecule has 1 aliphatic carbocycles. The van der Waals surface area contributed by atoms with Crippen molar-refractivity contribution in [2.24, 2.45) is 5.92 Å². The Morgan fingerprint density at radius 1 is 1.06 bits per heavy atom. The van der Waals surface area contributed by atoms with Gasteiger partial charge in [-0.05, 0) is 62.8 Å². The summed E-state index contributed by atoms with van der Waals surface area (Å²) in [5, 5.41) is 3.16. The number of fused-ring (bicyclic) bond motifs is 1. The fourth-order valence-corrected chi connectivity index (χ4v) is 5.46. The smallest absolute Gasteiger partial charge is 0.226 e. The number of benzene rings is 1. The minimum absolute atomic E-state index is 0.0444. The van der Waals surface area contributed by atoms with Gasteiger partial charge in [-0.3, -0.25) is 9.59 Å². The first-order valence-corrected chi connectivity index (χ1v) is 12.1. The topological polar surface area (TPSA) is 58.6 Å². The number of likely N-dealkylation sites (tertiary alicyclic amines) is 1. The molecule has 1 unspecified atom stereocenters. The van der Waals surface area contributed by atoms with E-state index in [-0.39, 0.29) is 17.2 Å². The predicted molar refractivity (Wildman–Crippen MR) is 121 cm³/mol. The Balaban J connectivity index is 1.25. The Morgan fingerprint density at radius 3 is 2.65 bits per heavy atom. The first-order chi connectivity index (χ1) is 15.2. The highest BCUT2D eigenvalue weighted by atomic mass is 16.5. The Morgan fingerprint density at radius 2 is 1.84 bits per heavy atom. The lowest BCUT2D eigenvalue weighted by Crippen LogP contribution is -2.44. The number of carbonyl (C=O) groups excluding carboxylic acids is 2. The first kappa shape index (κ1) is 22.1. The summed E-state index contributed by atoms with van der Waals surface area (Å²) in [7, 11) is 0. The highest BCUT2D eigenvalue weighted by Crippen LogP contribution is 2.36. The summed E-state index contributed by atoms with van der Waals surface area (Å²) in [6.07, 6.45) is 11.4. The highest BCUT2D eigenvalue weighted by molar-refractivity contribution is 5.80. The molecular formula is C26H36N2O3. The van der Waals surface area contributed by atoms with Crippen LogP contribution in [0, 0.1) is 5.92 Å². The van der Waals surface area contributed by atoms with Gasteiger partial charge in [-0.1, -0.05) is 36.4 Å². The van der Waals surface area contributed by atoms with Gasteiger partial charge in [0.15, 0.2) is 0 Å². The number of amides is 2. The molecule has 168 valence electrons. The van der Waals surface area contributed by atoms with Gasteiger partial charge < -0.3 is 15.0 Å². The van der Waals surface area contributed by atoms with Crippen LogP contribution in [0.2, 0.25) is 0 Å². The SMILES string of the molecule is O=C(CCCC(=O)N1CCCC2CCCC=C21)NCC1(c2ccccc2)CCOCC1. The third kappa shape index (κ3) is 5.38. The van der Waals surface area contributed by atoms with Gasteiger partial charge in [0.1, 0.15) is 0 Å². The van der Waals surface area contributed by atoms with E-state index in [0.717, 1.165) is 45.4 Å². The molecule has 1 aromatic carbocycles. The minimum atomic E-state index is -0.0543. The largest absolute Gasteiger partial charge is 0.381 e. The van der Waals surface area contributed by atoms with E-state index in [1.807, 2.05) is 11.0 Å². The van der Waals surface area contributed by atoms with Crippen molar-refractivity contribution in [3.8, 4) is 0 Å². The van der Waals surface area contributed by atoms with Crippen molar-refractivity contribution < 1.29 is 14.3 Å². The standard InChI is InChI=1S/C26H36N2O3/c29-24(27-20-26(15-18-31-19-16-26)22-10-2-1-3-11-22)13-6-14-25(30)28-17-7-9-21-8-4-5-12-23(21)28/h1-3,10-12,21H,4-9,13-20H2,(H,27,29). The average Bonchev–Trinajstić information content (AvgIpc) is 2.83. The van der Waals surface area contributed by atoms with Crippen molar-refractivity contribution >= 4 is 11.8 Å². The lowest BCUT2D eigenvalue weighted by Gasteiger charge is -2.38. The summed E-state index contributed by atoms with van der Waals surface area (Å²) in [6, 6.07) is 10.5. The normalized spacial score (nSPS) is 22.9. The molecule has 2 aliphatic heterocycles. The van der Waals surface area contributed by atoms with Gasteiger partial charge in [0.2, 0.25) is 11.8 Å². The summed E-state index contributed by atoms with van der Waals surface area (Å²) in [6.45, 7) is 2.93. The number of hydrogen-bond acceptors (Lipinski definition) is 3. The number of carbonyl (C=O) groups is 2. The second-order valence-corrected chi connectivity index (χ2v) is 9.33. The quantitative estimate of drug-likeness (QED) is 0.709. The molecule has 2 fully saturated rings.